The Bertz CT molecular complexity index is 549. The van der Waals surface area contributed by atoms with Crippen molar-refractivity contribution in [3.05, 3.63) is 41.6 Å². The third kappa shape index (κ3) is 1.65. The van der Waals surface area contributed by atoms with Gasteiger partial charge in [0.15, 0.2) is 0 Å². The van der Waals surface area contributed by atoms with E-state index in [2.05, 4.69) is 4.98 Å². The Balaban J connectivity index is 2.72. The number of carbonyl (C=O) groups is 1. The van der Waals surface area contributed by atoms with Gasteiger partial charge in [-0.15, -0.1) is 0 Å². The number of aromatic nitrogens is 1. The van der Waals surface area contributed by atoms with Crippen molar-refractivity contribution in [1.29, 1.82) is 0 Å². The molecule has 1 unspecified atom stereocenters. The number of benzene rings is 1. The van der Waals surface area contributed by atoms with Crippen LogP contribution in [0.5, 0.6) is 0 Å². The Morgan fingerprint density at radius 1 is 1.38 bits per heavy atom. The normalized spacial score (nSPS) is 12.6. The van der Waals surface area contributed by atoms with Crippen LogP contribution in [0.2, 0.25) is 0 Å². The minimum atomic E-state index is -0.823. The molecular formula is C13H13NO2. The van der Waals surface area contributed by atoms with E-state index in [1.807, 2.05) is 31.2 Å². The van der Waals surface area contributed by atoms with Crippen LogP contribution in [0.25, 0.3) is 10.9 Å². The summed E-state index contributed by atoms with van der Waals surface area (Å²) in [5.41, 5.74) is 2.68. The van der Waals surface area contributed by atoms with Crippen LogP contribution in [-0.2, 0) is 4.79 Å². The summed E-state index contributed by atoms with van der Waals surface area (Å²) in [4.78, 5) is 15.3. The lowest BCUT2D eigenvalue weighted by molar-refractivity contribution is -0.138. The van der Waals surface area contributed by atoms with E-state index < -0.39 is 11.9 Å². The zero-order chi connectivity index (χ0) is 11.7. The van der Waals surface area contributed by atoms with Gasteiger partial charge in [0.2, 0.25) is 0 Å². The molecule has 0 aliphatic carbocycles. The molecule has 0 fully saturated rings. The van der Waals surface area contributed by atoms with Gasteiger partial charge in [0.25, 0.3) is 0 Å². The van der Waals surface area contributed by atoms with Gasteiger partial charge >= 0.3 is 5.97 Å². The molecule has 16 heavy (non-hydrogen) atoms. The molecule has 0 saturated heterocycles. The number of carboxylic acids is 1. The van der Waals surface area contributed by atoms with E-state index in [1.54, 1.807) is 13.1 Å². The zero-order valence-electron chi connectivity index (χ0n) is 9.27. The molecule has 0 amide bonds. The molecule has 1 aromatic carbocycles. The molecule has 1 heterocycles. The summed E-state index contributed by atoms with van der Waals surface area (Å²) in [7, 11) is 0. The number of fused-ring (bicyclic) bond motifs is 1. The van der Waals surface area contributed by atoms with E-state index >= 15 is 0 Å². The third-order valence-corrected chi connectivity index (χ3v) is 2.86. The van der Waals surface area contributed by atoms with Crippen molar-refractivity contribution < 1.29 is 9.90 Å². The topological polar surface area (TPSA) is 50.2 Å². The molecule has 2 aromatic rings. The van der Waals surface area contributed by atoms with Gasteiger partial charge in [-0.25, -0.2) is 0 Å². The summed E-state index contributed by atoms with van der Waals surface area (Å²) in [5.74, 6) is -1.35. The second kappa shape index (κ2) is 3.93. The number of carboxylic acid groups (broad SMARTS) is 1. The van der Waals surface area contributed by atoms with E-state index in [4.69, 9.17) is 5.11 Å². The summed E-state index contributed by atoms with van der Waals surface area (Å²) >= 11 is 0. The van der Waals surface area contributed by atoms with Crippen molar-refractivity contribution >= 4 is 16.9 Å². The van der Waals surface area contributed by atoms with Crippen molar-refractivity contribution in [3.8, 4) is 0 Å². The molecule has 0 aliphatic rings. The molecule has 0 bridgehead atoms. The van der Waals surface area contributed by atoms with Crippen molar-refractivity contribution in [3.63, 3.8) is 0 Å². The molecule has 1 N–H and O–H groups in total. The highest BCUT2D eigenvalue weighted by Crippen LogP contribution is 2.25. The van der Waals surface area contributed by atoms with Crippen molar-refractivity contribution in [2.24, 2.45) is 0 Å². The summed E-state index contributed by atoms with van der Waals surface area (Å²) in [5, 5.41) is 10.1. The second-order valence-electron chi connectivity index (χ2n) is 3.93. The molecule has 1 atom stereocenters. The van der Waals surface area contributed by atoms with Gasteiger partial charge in [-0.05, 0) is 31.0 Å². The van der Waals surface area contributed by atoms with Gasteiger partial charge < -0.3 is 5.11 Å². The van der Waals surface area contributed by atoms with Crippen molar-refractivity contribution in [1.82, 2.24) is 4.98 Å². The Labute approximate surface area is 93.7 Å². The monoisotopic (exact) mass is 215 g/mol. The standard InChI is InChI=1S/C13H13NO2/c1-8-6-7-14-12-10(8)4-3-5-11(12)9(2)13(15)16/h3-7,9H,1-2H3,(H,15,16). The van der Waals surface area contributed by atoms with Gasteiger partial charge in [-0.3, -0.25) is 9.78 Å². The van der Waals surface area contributed by atoms with Crippen LogP contribution in [-0.4, -0.2) is 16.1 Å². The molecule has 0 aliphatic heterocycles. The van der Waals surface area contributed by atoms with Gasteiger partial charge in [-0.2, -0.15) is 0 Å². The first-order valence-electron chi connectivity index (χ1n) is 5.18. The van der Waals surface area contributed by atoms with Gasteiger partial charge in [0, 0.05) is 11.6 Å². The fourth-order valence-electron chi connectivity index (χ4n) is 1.82. The Hall–Kier alpha value is -1.90. The number of para-hydroxylation sites is 1. The number of hydrogen-bond acceptors (Lipinski definition) is 2. The SMILES string of the molecule is Cc1ccnc2c(C(C)C(=O)O)cccc12. The van der Waals surface area contributed by atoms with E-state index in [0.29, 0.717) is 0 Å². The average Bonchev–Trinajstić information content (AvgIpc) is 2.28. The average molecular weight is 215 g/mol. The van der Waals surface area contributed by atoms with E-state index in [9.17, 15) is 4.79 Å². The van der Waals surface area contributed by atoms with Crippen LogP contribution in [0.15, 0.2) is 30.5 Å². The molecule has 0 radical (unpaired) electrons. The Kier molecular flexibility index (Phi) is 2.60. The van der Waals surface area contributed by atoms with E-state index in [0.717, 1.165) is 22.0 Å². The lowest BCUT2D eigenvalue weighted by Gasteiger charge is -2.10. The van der Waals surface area contributed by atoms with Gasteiger partial charge in [-0.1, -0.05) is 18.2 Å². The highest BCUT2D eigenvalue weighted by atomic mass is 16.4. The smallest absolute Gasteiger partial charge is 0.310 e. The van der Waals surface area contributed by atoms with E-state index in [1.165, 1.54) is 0 Å². The third-order valence-electron chi connectivity index (χ3n) is 2.86. The summed E-state index contributed by atoms with van der Waals surface area (Å²) < 4.78 is 0. The minimum absolute atomic E-state index is 0.530. The summed E-state index contributed by atoms with van der Waals surface area (Å²) in [6, 6.07) is 7.60. The van der Waals surface area contributed by atoms with Crippen LogP contribution in [0.3, 0.4) is 0 Å². The first-order chi connectivity index (χ1) is 7.61. The number of aryl methyl sites for hydroxylation is 1. The summed E-state index contributed by atoms with van der Waals surface area (Å²) in [6.07, 6.45) is 1.72. The Morgan fingerprint density at radius 3 is 2.81 bits per heavy atom. The molecular weight excluding hydrogens is 202 g/mol. The minimum Gasteiger partial charge on any atom is -0.481 e. The van der Waals surface area contributed by atoms with E-state index in [-0.39, 0.29) is 0 Å². The van der Waals surface area contributed by atoms with Crippen LogP contribution in [0.4, 0.5) is 0 Å². The number of nitrogens with zero attached hydrogens (tertiary/aromatic N) is 1. The van der Waals surface area contributed by atoms with Crippen LogP contribution < -0.4 is 0 Å². The first-order valence-corrected chi connectivity index (χ1v) is 5.18. The van der Waals surface area contributed by atoms with Crippen molar-refractivity contribution in [2.45, 2.75) is 19.8 Å². The van der Waals surface area contributed by atoms with Gasteiger partial charge in [0.05, 0.1) is 11.4 Å². The molecule has 0 spiro atoms. The molecule has 3 nitrogen and oxygen atoms in total. The highest BCUT2D eigenvalue weighted by Gasteiger charge is 2.17. The number of rotatable bonds is 2. The first kappa shape index (κ1) is 10.6. The lowest BCUT2D eigenvalue weighted by Crippen LogP contribution is -2.08. The maximum atomic E-state index is 11.0. The fourth-order valence-corrected chi connectivity index (χ4v) is 1.82. The Morgan fingerprint density at radius 2 is 2.12 bits per heavy atom. The van der Waals surface area contributed by atoms with Crippen LogP contribution in [0.1, 0.15) is 24.0 Å². The number of pyridine rings is 1. The van der Waals surface area contributed by atoms with Crippen LogP contribution in [0, 0.1) is 6.92 Å². The number of hydrogen-bond donors (Lipinski definition) is 1. The summed E-state index contributed by atoms with van der Waals surface area (Å²) in [6.45, 7) is 3.68. The fraction of sp³-hybridized carbons (Fsp3) is 0.231. The zero-order valence-corrected chi connectivity index (χ0v) is 9.27. The second-order valence-corrected chi connectivity index (χ2v) is 3.93. The maximum absolute atomic E-state index is 11.0. The predicted molar refractivity (Wildman–Crippen MR) is 62.5 cm³/mol. The van der Waals surface area contributed by atoms with Crippen LogP contribution >= 0.6 is 0 Å². The quantitative estimate of drug-likeness (QED) is 0.838. The maximum Gasteiger partial charge on any atom is 0.310 e. The van der Waals surface area contributed by atoms with Gasteiger partial charge in [0.1, 0.15) is 0 Å². The molecule has 3 heteroatoms. The van der Waals surface area contributed by atoms with Crippen molar-refractivity contribution in [2.75, 3.05) is 0 Å². The molecule has 2 rings (SSSR count). The lowest BCUT2D eigenvalue weighted by atomic mass is 9.97. The molecule has 0 saturated carbocycles. The number of aliphatic carboxylic acids is 1. The predicted octanol–water partition coefficient (Wildman–Crippen LogP) is 2.73. The molecule has 1 aromatic heterocycles. The highest BCUT2D eigenvalue weighted by molar-refractivity contribution is 5.89. The largest absolute Gasteiger partial charge is 0.481 e. The molecule has 82 valence electrons.